The van der Waals surface area contributed by atoms with Gasteiger partial charge in [-0.25, -0.2) is 9.59 Å². The number of phenols is 1. The lowest BCUT2D eigenvalue weighted by molar-refractivity contribution is 0.0693. The Labute approximate surface area is 179 Å². The maximum Gasteiger partial charge on any atom is 0.407 e. The van der Waals surface area contributed by atoms with E-state index in [1.54, 1.807) is 18.2 Å². The molecule has 0 radical (unpaired) electrons. The summed E-state index contributed by atoms with van der Waals surface area (Å²) in [6.07, 6.45) is 2.82. The molecule has 0 atom stereocenters. The molecule has 0 bridgehead atoms. The third-order valence-electron chi connectivity index (χ3n) is 5.27. The summed E-state index contributed by atoms with van der Waals surface area (Å²) in [5.41, 5.74) is 5.07. The van der Waals surface area contributed by atoms with Crippen LogP contribution in [-0.4, -0.2) is 35.4 Å². The number of aromatic carboxylic acids is 1. The molecule has 1 aliphatic carbocycles. The quantitative estimate of drug-likeness (QED) is 0.545. The fourth-order valence-corrected chi connectivity index (χ4v) is 3.82. The van der Waals surface area contributed by atoms with Gasteiger partial charge in [-0.1, -0.05) is 66.7 Å². The van der Waals surface area contributed by atoms with Gasteiger partial charge in [0.2, 0.25) is 0 Å². The van der Waals surface area contributed by atoms with Gasteiger partial charge in [0, 0.05) is 12.5 Å². The fourth-order valence-electron chi connectivity index (χ4n) is 3.82. The summed E-state index contributed by atoms with van der Waals surface area (Å²) in [5.74, 6) is -1.49. The molecular formula is C25H21NO5. The molecule has 0 saturated heterocycles. The van der Waals surface area contributed by atoms with Crippen LogP contribution in [0.2, 0.25) is 0 Å². The van der Waals surface area contributed by atoms with Crippen LogP contribution in [0.5, 0.6) is 5.75 Å². The van der Waals surface area contributed by atoms with Crippen molar-refractivity contribution in [3.05, 3.63) is 95.1 Å². The number of hydrogen-bond acceptors (Lipinski definition) is 4. The number of amides is 1. The molecule has 0 fully saturated rings. The van der Waals surface area contributed by atoms with E-state index in [4.69, 9.17) is 9.84 Å². The third kappa shape index (κ3) is 4.28. The molecule has 0 heterocycles. The number of nitrogens with one attached hydrogen (secondary N) is 1. The predicted molar refractivity (Wildman–Crippen MR) is 117 cm³/mol. The Kier molecular flexibility index (Phi) is 5.71. The van der Waals surface area contributed by atoms with Gasteiger partial charge in [-0.15, -0.1) is 0 Å². The first-order chi connectivity index (χ1) is 15.0. The number of hydrogen-bond donors (Lipinski definition) is 3. The molecule has 1 amide bonds. The van der Waals surface area contributed by atoms with Crippen molar-refractivity contribution in [3.8, 4) is 16.9 Å². The monoisotopic (exact) mass is 415 g/mol. The van der Waals surface area contributed by atoms with Gasteiger partial charge < -0.3 is 20.3 Å². The van der Waals surface area contributed by atoms with Crippen LogP contribution >= 0.6 is 0 Å². The molecule has 3 aromatic rings. The standard InChI is InChI=1S/C25H21NO5/c27-23-12-11-16(14-21(23)24(28)29)6-5-13-26-25(30)31-15-22-19-9-3-1-7-17(19)18-8-2-4-10-20(18)22/h1-12,14,22,27H,13,15H2,(H,26,30)(H,28,29). The van der Waals surface area contributed by atoms with Crippen LogP contribution in [0.4, 0.5) is 4.79 Å². The Bertz CT molecular complexity index is 1120. The molecular weight excluding hydrogens is 394 g/mol. The number of ether oxygens (including phenoxy) is 1. The Morgan fingerprint density at radius 3 is 2.26 bits per heavy atom. The second kappa shape index (κ2) is 8.75. The van der Waals surface area contributed by atoms with Crippen LogP contribution in [-0.2, 0) is 4.74 Å². The molecule has 31 heavy (non-hydrogen) atoms. The molecule has 0 saturated carbocycles. The molecule has 1 aliphatic rings. The van der Waals surface area contributed by atoms with Crippen molar-refractivity contribution in [3.63, 3.8) is 0 Å². The van der Waals surface area contributed by atoms with E-state index in [1.807, 2.05) is 24.3 Å². The number of carbonyl (C=O) groups is 2. The smallest absolute Gasteiger partial charge is 0.407 e. The summed E-state index contributed by atoms with van der Waals surface area (Å²) in [4.78, 5) is 23.2. The molecule has 4 rings (SSSR count). The van der Waals surface area contributed by atoms with Gasteiger partial charge in [0.1, 0.15) is 17.9 Å². The van der Waals surface area contributed by atoms with Crippen LogP contribution in [0, 0.1) is 0 Å². The minimum Gasteiger partial charge on any atom is -0.507 e. The third-order valence-corrected chi connectivity index (χ3v) is 5.27. The summed E-state index contributed by atoms with van der Waals surface area (Å²) in [6, 6.07) is 20.5. The molecule has 0 spiro atoms. The SMILES string of the molecule is O=C(NCC=Cc1ccc(O)c(C(=O)O)c1)OCC1c2ccccc2-c2ccccc21. The highest BCUT2D eigenvalue weighted by atomic mass is 16.5. The van der Waals surface area contributed by atoms with Crippen LogP contribution in [0.1, 0.15) is 33.0 Å². The number of benzene rings is 3. The van der Waals surface area contributed by atoms with E-state index < -0.39 is 12.1 Å². The second-order valence-electron chi connectivity index (χ2n) is 7.19. The molecule has 3 N–H and O–H groups in total. The van der Waals surface area contributed by atoms with Crippen molar-refractivity contribution in [1.82, 2.24) is 5.32 Å². The Hall–Kier alpha value is -4.06. The lowest BCUT2D eigenvalue weighted by atomic mass is 9.98. The van der Waals surface area contributed by atoms with E-state index in [9.17, 15) is 14.7 Å². The van der Waals surface area contributed by atoms with Crippen LogP contribution in [0.25, 0.3) is 17.2 Å². The first-order valence-electron chi connectivity index (χ1n) is 9.86. The van der Waals surface area contributed by atoms with E-state index in [-0.39, 0.29) is 30.4 Å². The number of carboxylic acid groups (broad SMARTS) is 1. The van der Waals surface area contributed by atoms with Gasteiger partial charge in [-0.05, 0) is 39.9 Å². The molecule has 3 aromatic carbocycles. The maximum atomic E-state index is 12.1. The van der Waals surface area contributed by atoms with E-state index in [2.05, 4.69) is 29.6 Å². The molecule has 0 unspecified atom stereocenters. The second-order valence-corrected chi connectivity index (χ2v) is 7.19. The largest absolute Gasteiger partial charge is 0.507 e. The summed E-state index contributed by atoms with van der Waals surface area (Å²) in [6.45, 7) is 0.462. The molecule has 6 nitrogen and oxygen atoms in total. The Morgan fingerprint density at radius 1 is 0.968 bits per heavy atom. The van der Waals surface area contributed by atoms with Gasteiger partial charge in [0.05, 0.1) is 0 Å². The van der Waals surface area contributed by atoms with Gasteiger partial charge in [-0.2, -0.15) is 0 Å². The van der Waals surface area contributed by atoms with Crippen molar-refractivity contribution in [2.45, 2.75) is 5.92 Å². The number of carboxylic acids is 1. The van der Waals surface area contributed by atoms with Gasteiger partial charge >= 0.3 is 12.1 Å². The summed E-state index contributed by atoms with van der Waals surface area (Å²) in [5, 5.41) is 21.3. The first-order valence-corrected chi connectivity index (χ1v) is 9.86. The highest BCUT2D eigenvalue weighted by Gasteiger charge is 2.28. The average molecular weight is 415 g/mol. The minimum atomic E-state index is -1.20. The lowest BCUT2D eigenvalue weighted by Gasteiger charge is -2.14. The van der Waals surface area contributed by atoms with Crippen LogP contribution in [0.15, 0.2) is 72.8 Å². The zero-order chi connectivity index (χ0) is 21.8. The zero-order valence-corrected chi connectivity index (χ0v) is 16.6. The van der Waals surface area contributed by atoms with E-state index in [0.717, 1.165) is 11.1 Å². The first kappa shape index (κ1) is 20.2. The summed E-state index contributed by atoms with van der Waals surface area (Å²) in [7, 11) is 0. The van der Waals surface area contributed by atoms with E-state index in [1.165, 1.54) is 23.3 Å². The van der Waals surface area contributed by atoms with Crippen LogP contribution in [0.3, 0.4) is 0 Å². The van der Waals surface area contributed by atoms with E-state index in [0.29, 0.717) is 5.56 Å². The molecule has 0 aromatic heterocycles. The molecule has 0 aliphatic heterocycles. The number of fused-ring (bicyclic) bond motifs is 3. The van der Waals surface area contributed by atoms with Gasteiger partial charge in [0.25, 0.3) is 0 Å². The van der Waals surface area contributed by atoms with Crippen LogP contribution < -0.4 is 5.32 Å². The highest BCUT2D eigenvalue weighted by molar-refractivity contribution is 5.91. The zero-order valence-electron chi connectivity index (χ0n) is 16.6. The van der Waals surface area contributed by atoms with Crippen molar-refractivity contribution in [1.29, 1.82) is 0 Å². The number of alkyl carbamates (subject to hydrolysis) is 1. The topological polar surface area (TPSA) is 95.9 Å². The molecule has 156 valence electrons. The number of rotatable bonds is 6. The number of carbonyl (C=O) groups excluding carboxylic acids is 1. The average Bonchev–Trinajstić information content (AvgIpc) is 3.10. The summed E-state index contributed by atoms with van der Waals surface area (Å²) >= 11 is 0. The minimum absolute atomic E-state index is 0.000119. The fraction of sp³-hybridized carbons (Fsp3) is 0.120. The Morgan fingerprint density at radius 2 is 1.61 bits per heavy atom. The summed E-state index contributed by atoms with van der Waals surface area (Å²) < 4.78 is 5.46. The Balaban J connectivity index is 1.33. The van der Waals surface area contributed by atoms with Gasteiger partial charge in [-0.3, -0.25) is 0 Å². The lowest BCUT2D eigenvalue weighted by Crippen LogP contribution is -2.26. The van der Waals surface area contributed by atoms with E-state index >= 15 is 0 Å². The molecule has 6 heteroatoms. The maximum absolute atomic E-state index is 12.1. The van der Waals surface area contributed by atoms with Crippen molar-refractivity contribution < 1.29 is 24.5 Å². The van der Waals surface area contributed by atoms with Crippen molar-refractivity contribution >= 4 is 18.1 Å². The van der Waals surface area contributed by atoms with Crippen molar-refractivity contribution in [2.75, 3.05) is 13.2 Å². The van der Waals surface area contributed by atoms with Crippen molar-refractivity contribution in [2.24, 2.45) is 0 Å². The normalized spacial score (nSPS) is 12.4. The highest BCUT2D eigenvalue weighted by Crippen LogP contribution is 2.44. The predicted octanol–water partition coefficient (Wildman–Crippen LogP) is 4.64. The van der Waals surface area contributed by atoms with Gasteiger partial charge in [0.15, 0.2) is 0 Å². The number of aromatic hydroxyl groups is 1.